The van der Waals surface area contributed by atoms with Crippen molar-refractivity contribution in [2.75, 3.05) is 18.4 Å². The molecule has 0 saturated heterocycles. The van der Waals surface area contributed by atoms with Crippen LogP contribution in [-0.4, -0.2) is 19.0 Å². The number of hydrogen-bond acceptors (Lipinski definition) is 2. The van der Waals surface area contributed by atoms with Gasteiger partial charge in [0.05, 0.1) is 0 Å². The van der Waals surface area contributed by atoms with E-state index in [0.29, 0.717) is 11.3 Å². The number of nitrogens with one attached hydrogen (secondary N) is 2. The van der Waals surface area contributed by atoms with E-state index in [9.17, 15) is 4.79 Å². The molecule has 0 bridgehead atoms. The Morgan fingerprint density at radius 1 is 1.40 bits per heavy atom. The van der Waals surface area contributed by atoms with Gasteiger partial charge in [-0.3, -0.25) is 4.79 Å². The van der Waals surface area contributed by atoms with Gasteiger partial charge in [0.1, 0.15) is 0 Å². The summed E-state index contributed by atoms with van der Waals surface area (Å²) >= 11 is 0. The second-order valence-electron chi connectivity index (χ2n) is 6.56. The highest BCUT2D eigenvalue weighted by molar-refractivity contribution is 5.97. The molecule has 20 heavy (non-hydrogen) atoms. The molecule has 0 radical (unpaired) electrons. The number of hydrogen-bond donors (Lipinski definition) is 2. The normalized spacial score (nSPS) is 19.1. The summed E-state index contributed by atoms with van der Waals surface area (Å²) in [6.07, 6.45) is 4.60. The Labute approximate surface area is 121 Å². The van der Waals surface area contributed by atoms with Crippen molar-refractivity contribution >= 4 is 11.6 Å². The molecule has 108 valence electrons. The van der Waals surface area contributed by atoms with Crippen LogP contribution in [0.25, 0.3) is 0 Å². The molecule has 0 unspecified atom stereocenters. The van der Waals surface area contributed by atoms with E-state index in [1.807, 2.05) is 12.1 Å². The minimum absolute atomic E-state index is 0.0949. The molecule has 1 aliphatic carbocycles. The zero-order valence-corrected chi connectivity index (χ0v) is 12.5. The Balaban J connectivity index is 1.72. The number of benzene rings is 1. The first-order chi connectivity index (χ1) is 9.62. The lowest BCUT2D eigenvalue weighted by molar-refractivity contribution is 0.0939. The molecule has 1 heterocycles. The van der Waals surface area contributed by atoms with Crippen molar-refractivity contribution in [3.63, 3.8) is 0 Å². The standard InChI is InChI=1S/C17H24N2O/c1-12(2)17(8-9-17)11-19-16(20)14-5-3-7-15-13(14)6-4-10-18-15/h3,5,7,12,18H,4,6,8-11H2,1-2H3,(H,19,20). The van der Waals surface area contributed by atoms with Gasteiger partial charge in [-0.1, -0.05) is 19.9 Å². The fraction of sp³-hybridized carbons (Fsp3) is 0.588. The Hall–Kier alpha value is -1.51. The second-order valence-corrected chi connectivity index (χ2v) is 6.56. The number of carbonyl (C=O) groups excluding carboxylic acids is 1. The largest absolute Gasteiger partial charge is 0.385 e. The van der Waals surface area contributed by atoms with Gasteiger partial charge in [0.2, 0.25) is 0 Å². The van der Waals surface area contributed by atoms with Crippen LogP contribution in [0, 0.1) is 11.3 Å². The van der Waals surface area contributed by atoms with Crippen molar-refractivity contribution in [1.29, 1.82) is 0 Å². The molecule has 1 fully saturated rings. The van der Waals surface area contributed by atoms with E-state index in [-0.39, 0.29) is 5.91 Å². The predicted octanol–water partition coefficient (Wildman–Crippen LogP) is 3.21. The summed E-state index contributed by atoms with van der Waals surface area (Å²) in [5.74, 6) is 0.742. The van der Waals surface area contributed by atoms with Crippen LogP contribution in [-0.2, 0) is 6.42 Å². The monoisotopic (exact) mass is 272 g/mol. The predicted molar refractivity (Wildman–Crippen MR) is 82.1 cm³/mol. The summed E-state index contributed by atoms with van der Waals surface area (Å²) in [6.45, 7) is 6.34. The zero-order valence-electron chi connectivity index (χ0n) is 12.5. The molecule has 3 nitrogen and oxygen atoms in total. The minimum Gasteiger partial charge on any atom is -0.385 e. The van der Waals surface area contributed by atoms with Crippen molar-refractivity contribution in [2.24, 2.45) is 11.3 Å². The van der Waals surface area contributed by atoms with Gasteiger partial charge < -0.3 is 10.6 Å². The van der Waals surface area contributed by atoms with E-state index in [1.165, 1.54) is 18.4 Å². The van der Waals surface area contributed by atoms with Gasteiger partial charge in [-0.25, -0.2) is 0 Å². The molecule has 3 rings (SSSR count). The van der Waals surface area contributed by atoms with E-state index in [2.05, 4.69) is 30.5 Å². The zero-order chi connectivity index (χ0) is 14.2. The SMILES string of the molecule is CC(C)C1(CNC(=O)c2cccc3c2CCCN3)CC1. The van der Waals surface area contributed by atoms with Crippen molar-refractivity contribution in [3.8, 4) is 0 Å². The first-order valence-electron chi connectivity index (χ1n) is 7.76. The maximum atomic E-state index is 12.5. The van der Waals surface area contributed by atoms with Crippen LogP contribution < -0.4 is 10.6 Å². The average Bonchev–Trinajstić information content (AvgIpc) is 3.25. The molecule has 1 amide bonds. The Morgan fingerprint density at radius 3 is 2.90 bits per heavy atom. The second kappa shape index (κ2) is 5.12. The van der Waals surface area contributed by atoms with Crippen LogP contribution in [0.1, 0.15) is 49.0 Å². The summed E-state index contributed by atoms with van der Waals surface area (Å²) in [5, 5.41) is 6.55. The summed E-state index contributed by atoms with van der Waals surface area (Å²) in [7, 11) is 0. The number of anilines is 1. The molecule has 1 saturated carbocycles. The molecular formula is C17H24N2O. The Kier molecular flexibility index (Phi) is 3.45. The maximum absolute atomic E-state index is 12.5. The molecule has 0 spiro atoms. The lowest BCUT2D eigenvalue weighted by Gasteiger charge is -2.23. The Morgan fingerprint density at radius 2 is 2.20 bits per heavy atom. The molecule has 0 atom stereocenters. The van der Waals surface area contributed by atoms with E-state index in [4.69, 9.17) is 0 Å². The molecule has 0 aromatic heterocycles. The summed E-state index contributed by atoms with van der Waals surface area (Å²) in [5.41, 5.74) is 3.54. The first-order valence-corrected chi connectivity index (χ1v) is 7.76. The van der Waals surface area contributed by atoms with Crippen LogP contribution in [0.5, 0.6) is 0 Å². The highest BCUT2D eigenvalue weighted by atomic mass is 16.1. The molecular weight excluding hydrogens is 248 g/mol. The lowest BCUT2D eigenvalue weighted by Crippen LogP contribution is -2.33. The quantitative estimate of drug-likeness (QED) is 0.883. The molecule has 2 aliphatic rings. The van der Waals surface area contributed by atoms with Gasteiger partial charge in [0.15, 0.2) is 0 Å². The molecule has 1 aromatic carbocycles. The summed E-state index contributed by atoms with van der Waals surface area (Å²) in [4.78, 5) is 12.5. The van der Waals surface area contributed by atoms with Crippen LogP contribution in [0.2, 0.25) is 0 Å². The number of rotatable bonds is 4. The van der Waals surface area contributed by atoms with Crippen LogP contribution in [0.3, 0.4) is 0 Å². The van der Waals surface area contributed by atoms with E-state index in [0.717, 1.165) is 37.2 Å². The van der Waals surface area contributed by atoms with Crippen molar-refractivity contribution in [2.45, 2.75) is 39.5 Å². The fourth-order valence-electron chi connectivity index (χ4n) is 3.19. The first kappa shape index (κ1) is 13.5. The van der Waals surface area contributed by atoms with E-state index >= 15 is 0 Å². The van der Waals surface area contributed by atoms with Crippen molar-refractivity contribution in [3.05, 3.63) is 29.3 Å². The van der Waals surface area contributed by atoms with Gasteiger partial charge in [-0.05, 0) is 54.7 Å². The van der Waals surface area contributed by atoms with Crippen molar-refractivity contribution < 1.29 is 4.79 Å². The average molecular weight is 272 g/mol. The third-order valence-corrected chi connectivity index (χ3v) is 5.06. The van der Waals surface area contributed by atoms with Crippen LogP contribution >= 0.6 is 0 Å². The van der Waals surface area contributed by atoms with Crippen LogP contribution in [0.15, 0.2) is 18.2 Å². The molecule has 3 heteroatoms. The van der Waals surface area contributed by atoms with Crippen molar-refractivity contribution in [1.82, 2.24) is 5.32 Å². The molecule has 2 N–H and O–H groups in total. The summed E-state index contributed by atoms with van der Waals surface area (Å²) in [6, 6.07) is 6.00. The van der Waals surface area contributed by atoms with E-state index in [1.54, 1.807) is 0 Å². The van der Waals surface area contributed by atoms with Gasteiger partial charge in [0.25, 0.3) is 5.91 Å². The summed E-state index contributed by atoms with van der Waals surface area (Å²) < 4.78 is 0. The smallest absolute Gasteiger partial charge is 0.251 e. The number of carbonyl (C=O) groups is 1. The van der Waals surface area contributed by atoms with Gasteiger partial charge >= 0.3 is 0 Å². The number of amides is 1. The van der Waals surface area contributed by atoms with Gasteiger partial charge in [-0.15, -0.1) is 0 Å². The molecule has 1 aromatic rings. The Bertz CT molecular complexity index is 518. The van der Waals surface area contributed by atoms with Crippen LogP contribution in [0.4, 0.5) is 5.69 Å². The third-order valence-electron chi connectivity index (χ3n) is 5.06. The highest BCUT2D eigenvalue weighted by Crippen LogP contribution is 2.51. The lowest BCUT2D eigenvalue weighted by atomic mass is 9.92. The van der Waals surface area contributed by atoms with Gasteiger partial charge in [-0.2, -0.15) is 0 Å². The topological polar surface area (TPSA) is 41.1 Å². The number of fused-ring (bicyclic) bond motifs is 1. The highest BCUT2D eigenvalue weighted by Gasteiger charge is 2.45. The minimum atomic E-state index is 0.0949. The maximum Gasteiger partial charge on any atom is 0.251 e. The van der Waals surface area contributed by atoms with E-state index < -0.39 is 0 Å². The van der Waals surface area contributed by atoms with Gasteiger partial charge in [0, 0.05) is 24.3 Å². The third kappa shape index (κ3) is 2.41. The fourth-order valence-corrected chi connectivity index (χ4v) is 3.19. The molecule has 1 aliphatic heterocycles.